The zero-order valence-electron chi connectivity index (χ0n) is 5.37. The molecule has 0 aromatic heterocycles. The molecule has 54 valence electrons. The van der Waals surface area contributed by atoms with E-state index < -0.39 is 11.5 Å². The molecule has 3 heteroatoms. The number of carbonyl (C=O) groups excluding carboxylic acids is 1. The Morgan fingerprint density at radius 1 is 1.50 bits per heavy atom. The number of rotatable bonds is 3. The van der Waals surface area contributed by atoms with Gasteiger partial charge in [-0.1, -0.05) is 19.2 Å². The van der Waals surface area contributed by atoms with Crippen molar-refractivity contribution in [2.24, 2.45) is 0 Å². The minimum Gasteiger partial charge on any atom is -0.515 e. The monoisotopic (exact) mass is 140 g/mol. The van der Waals surface area contributed by atoms with Crippen LogP contribution >= 0.6 is 0 Å². The Morgan fingerprint density at radius 2 is 2.00 bits per heavy atom. The van der Waals surface area contributed by atoms with E-state index in [0.717, 1.165) is 6.08 Å². The molecule has 0 fully saturated rings. The van der Waals surface area contributed by atoms with E-state index in [2.05, 4.69) is 13.2 Å². The van der Waals surface area contributed by atoms with Crippen LogP contribution in [0.2, 0.25) is 0 Å². The maximum absolute atomic E-state index is 10.7. The molecule has 3 nitrogen and oxygen atoms in total. The Balaban J connectivity index is 4.48. The molecule has 0 aliphatic heterocycles. The summed E-state index contributed by atoms with van der Waals surface area (Å²) in [5.41, 5.74) is -0.0764. The third kappa shape index (κ3) is 1.78. The fourth-order valence-corrected chi connectivity index (χ4v) is 0.371. The zero-order chi connectivity index (χ0) is 8.15. The number of carbonyl (C=O) groups is 1. The van der Waals surface area contributed by atoms with Gasteiger partial charge in [-0.25, -0.2) is 0 Å². The highest BCUT2D eigenvalue weighted by Gasteiger charge is 2.07. The fraction of sp³-hybridized carbons (Fsp3) is 0. The van der Waals surface area contributed by atoms with Gasteiger partial charge in [0.1, 0.15) is 0 Å². The molecule has 0 aromatic carbocycles. The molecule has 2 N–H and O–H groups in total. The first-order valence-electron chi connectivity index (χ1n) is 2.53. The van der Waals surface area contributed by atoms with Gasteiger partial charge in [0.2, 0.25) is 5.78 Å². The van der Waals surface area contributed by atoms with Gasteiger partial charge in [-0.3, -0.25) is 4.79 Å². The van der Waals surface area contributed by atoms with Crippen molar-refractivity contribution in [1.29, 1.82) is 0 Å². The lowest BCUT2D eigenvalue weighted by Gasteiger charge is -1.94. The van der Waals surface area contributed by atoms with E-state index in [4.69, 9.17) is 10.2 Å². The molecule has 0 rings (SSSR count). The van der Waals surface area contributed by atoms with Crippen molar-refractivity contribution in [2.45, 2.75) is 0 Å². The summed E-state index contributed by atoms with van der Waals surface area (Å²) in [7, 11) is 0. The first kappa shape index (κ1) is 8.49. The fourth-order valence-electron chi connectivity index (χ4n) is 0.371. The molecule has 0 heterocycles. The highest BCUT2D eigenvalue weighted by Crippen LogP contribution is 2.01. The Kier molecular flexibility index (Phi) is 2.97. The van der Waals surface area contributed by atoms with Gasteiger partial charge in [0, 0.05) is 0 Å². The predicted molar refractivity (Wildman–Crippen MR) is 37.7 cm³/mol. The second-order valence-electron chi connectivity index (χ2n) is 1.56. The van der Waals surface area contributed by atoms with Gasteiger partial charge < -0.3 is 10.2 Å². The number of hydrogen-bond acceptors (Lipinski definition) is 3. The number of ketones is 1. The molecule has 0 radical (unpaired) electrons. The van der Waals surface area contributed by atoms with Gasteiger partial charge in [-0.15, -0.1) is 0 Å². The van der Waals surface area contributed by atoms with Crippen LogP contribution in [0.3, 0.4) is 0 Å². The summed E-state index contributed by atoms with van der Waals surface area (Å²) in [5.74, 6) is -1.34. The van der Waals surface area contributed by atoms with Crippen molar-refractivity contribution in [2.75, 3.05) is 0 Å². The van der Waals surface area contributed by atoms with Crippen molar-refractivity contribution in [1.82, 2.24) is 0 Å². The van der Waals surface area contributed by atoms with E-state index in [1.165, 1.54) is 0 Å². The minimum absolute atomic E-state index is 0.0764. The third-order valence-corrected chi connectivity index (χ3v) is 0.883. The van der Waals surface area contributed by atoms with Crippen LogP contribution in [0.5, 0.6) is 0 Å². The first-order chi connectivity index (χ1) is 4.63. The van der Waals surface area contributed by atoms with Crippen LogP contribution in [0.15, 0.2) is 36.8 Å². The van der Waals surface area contributed by atoms with Crippen molar-refractivity contribution in [3.8, 4) is 0 Å². The zero-order valence-corrected chi connectivity index (χ0v) is 5.37. The Morgan fingerprint density at radius 3 is 2.10 bits per heavy atom. The number of hydrogen-bond donors (Lipinski definition) is 2. The molecule has 10 heavy (non-hydrogen) atoms. The number of aliphatic hydroxyl groups is 2. The number of Topliss-reactive ketones (excluding diaryl/α,β-unsaturated/α-hetero) is 1. The minimum atomic E-state index is -0.725. The van der Waals surface area contributed by atoms with E-state index in [9.17, 15) is 4.79 Å². The lowest BCUT2D eigenvalue weighted by Crippen LogP contribution is -2.02. The quantitative estimate of drug-likeness (QED) is 0.352. The summed E-state index contributed by atoms with van der Waals surface area (Å²) in [4.78, 5) is 10.7. The first-order valence-corrected chi connectivity index (χ1v) is 2.53. The summed E-state index contributed by atoms with van der Waals surface area (Å²) < 4.78 is 0. The molecule has 0 bridgehead atoms. The van der Waals surface area contributed by atoms with Gasteiger partial charge in [0.25, 0.3) is 0 Å². The number of allylic oxidation sites excluding steroid dienone is 2. The topological polar surface area (TPSA) is 57.5 Å². The van der Waals surface area contributed by atoms with Crippen LogP contribution in [0.25, 0.3) is 0 Å². The van der Waals surface area contributed by atoms with Crippen molar-refractivity contribution in [3.05, 3.63) is 36.8 Å². The van der Waals surface area contributed by atoms with Crippen LogP contribution < -0.4 is 0 Å². The Hall–Kier alpha value is -1.51. The summed E-state index contributed by atoms with van der Waals surface area (Å²) in [6.45, 7) is 6.21. The lowest BCUT2D eigenvalue weighted by molar-refractivity contribution is -0.114. The lowest BCUT2D eigenvalue weighted by atomic mass is 10.2. The second-order valence-corrected chi connectivity index (χ2v) is 1.56. The van der Waals surface area contributed by atoms with Crippen LogP contribution in [0.1, 0.15) is 0 Å². The van der Waals surface area contributed by atoms with Crippen molar-refractivity contribution >= 4 is 5.78 Å². The summed E-state index contributed by atoms with van der Waals surface area (Å²) in [6, 6.07) is 0. The van der Waals surface area contributed by atoms with Gasteiger partial charge >= 0.3 is 0 Å². The molecule has 0 atom stereocenters. The smallest absolute Gasteiger partial charge is 0.229 e. The maximum Gasteiger partial charge on any atom is 0.229 e. The van der Waals surface area contributed by atoms with Crippen LogP contribution in [0.4, 0.5) is 0 Å². The molecule has 0 spiro atoms. The normalized spacial score (nSPS) is 10.6. The van der Waals surface area contributed by atoms with Crippen LogP contribution in [-0.4, -0.2) is 16.0 Å². The summed E-state index contributed by atoms with van der Waals surface area (Å²) in [5, 5.41) is 16.8. The highest BCUT2D eigenvalue weighted by molar-refractivity contribution is 6.07. The SMILES string of the molecule is C=C/C(=C/O)C(=O)C(=C)O. The summed E-state index contributed by atoms with van der Waals surface area (Å²) in [6.07, 6.45) is 1.69. The Labute approximate surface area is 58.6 Å². The molecule has 0 saturated carbocycles. The highest BCUT2D eigenvalue weighted by atomic mass is 16.3. The molecule has 0 aliphatic carbocycles. The van der Waals surface area contributed by atoms with Crippen molar-refractivity contribution in [3.63, 3.8) is 0 Å². The molecular formula is C7H8O3. The van der Waals surface area contributed by atoms with Gasteiger partial charge in [-0.05, 0) is 0 Å². The predicted octanol–water partition coefficient (Wildman–Crippen LogP) is 1.26. The average molecular weight is 140 g/mol. The van der Waals surface area contributed by atoms with Gasteiger partial charge in [-0.2, -0.15) is 0 Å². The van der Waals surface area contributed by atoms with Gasteiger partial charge in [0.15, 0.2) is 5.76 Å². The van der Waals surface area contributed by atoms with E-state index >= 15 is 0 Å². The summed E-state index contributed by atoms with van der Waals surface area (Å²) >= 11 is 0. The van der Waals surface area contributed by atoms with Crippen LogP contribution in [-0.2, 0) is 4.79 Å². The number of aliphatic hydroxyl groups excluding tert-OH is 2. The van der Waals surface area contributed by atoms with Gasteiger partial charge in [0.05, 0.1) is 11.8 Å². The molecule has 0 aliphatic rings. The van der Waals surface area contributed by atoms with Crippen LogP contribution in [0, 0.1) is 0 Å². The van der Waals surface area contributed by atoms with Crippen molar-refractivity contribution < 1.29 is 15.0 Å². The second kappa shape index (κ2) is 3.50. The largest absolute Gasteiger partial charge is 0.515 e. The van der Waals surface area contributed by atoms with E-state index in [-0.39, 0.29) is 5.57 Å². The standard InChI is InChI=1S/C7H8O3/c1-3-6(4-8)7(10)5(2)9/h3-4,8-9H,1-2H2/b6-4-. The van der Waals surface area contributed by atoms with E-state index in [1.807, 2.05) is 0 Å². The molecule has 0 unspecified atom stereocenters. The molecular weight excluding hydrogens is 132 g/mol. The van der Waals surface area contributed by atoms with E-state index in [0.29, 0.717) is 6.26 Å². The molecule has 0 saturated heterocycles. The van der Waals surface area contributed by atoms with E-state index in [1.54, 1.807) is 0 Å². The Bertz CT molecular complexity index is 201. The third-order valence-electron chi connectivity index (χ3n) is 0.883. The molecule has 0 amide bonds. The average Bonchev–Trinajstić information content (AvgIpc) is 1.90. The maximum atomic E-state index is 10.7. The molecule has 0 aromatic rings.